The smallest absolute Gasteiger partial charge is 0.338 e. The van der Waals surface area contributed by atoms with Gasteiger partial charge in [-0.3, -0.25) is 14.4 Å². The van der Waals surface area contributed by atoms with Gasteiger partial charge in [-0.1, -0.05) is 0 Å². The van der Waals surface area contributed by atoms with Gasteiger partial charge < -0.3 is 105 Å². The minimum Gasteiger partial charge on any atom is -0.508 e. The van der Waals surface area contributed by atoms with Gasteiger partial charge in [0.05, 0.1) is 10.9 Å². The Labute approximate surface area is 469 Å². The topological polar surface area (TPSA) is 427 Å². The number of Topliss-reactive ketones (excluding diaryl/α,β-unsaturated/α-hetero) is 2. The fraction of sp³-hybridized carbons (Fsp3) is 0.186. The van der Waals surface area contributed by atoms with E-state index in [0.29, 0.717) is 5.56 Å². The number of aromatic hydroxyl groups is 13. The second-order valence-corrected chi connectivity index (χ2v) is 20.6. The number of phenolic OH excluding ortho intramolecular Hbond substituents is 12. The number of carbonyl (C=O) groups is 3. The van der Waals surface area contributed by atoms with Crippen LogP contribution in [-0.4, -0.2) is 119 Å². The van der Waals surface area contributed by atoms with Crippen LogP contribution in [-0.2, 0) is 31.9 Å². The first kappa shape index (κ1) is 53.9. The van der Waals surface area contributed by atoms with Gasteiger partial charge in [0, 0.05) is 95.0 Å². The van der Waals surface area contributed by atoms with Crippen LogP contribution in [0.15, 0.2) is 107 Å². The molecule has 25 heteroatoms. The molecule has 7 aromatic rings. The molecule has 25 nitrogen and oxygen atoms in total. The Morgan fingerprint density at radius 2 is 1.23 bits per heavy atom. The number of allylic oxidation sites excluding steroid dienone is 2. The quantitative estimate of drug-likeness (QED) is 0.0383. The van der Waals surface area contributed by atoms with Gasteiger partial charge in [-0.2, -0.15) is 0 Å². The molecule has 2 aliphatic carbocycles. The first-order chi connectivity index (χ1) is 39.9. The normalized spacial score (nSPS) is 20.8. The summed E-state index contributed by atoms with van der Waals surface area (Å²) in [7, 11) is 0. The summed E-state index contributed by atoms with van der Waals surface area (Å²) in [6.07, 6.45) is -10.4. The van der Waals surface area contributed by atoms with Crippen molar-refractivity contribution in [2.45, 2.75) is 62.0 Å². The number of fused-ring (bicyclic) bond motifs is 7. The van der Waals surface area contributed by atoms with Gasteiger partial charge in [-0.25, -0.2) is 4.79 Å². The maximum Gasteiger partial charge on any atom is 0.338 e. The Bertz CT molecular complexity index is 4200. The van der Waals surface area contributed by atoms with Gasteiger partial charge >= 0.3 is 5.97 Å². The van der Waals surface area contributed by atoms with Crippen LogP contribution in [0.3, 0.4) is 0 Å². The van der Waals surface area contributed by atoms with E-state index in [2.05, 4.69) is 0 Å². The molecule has 430 valence electrons. The van der Waals surface area contributed by atoms with Crippen LogP contribution in [0, 0.1) is 0 Å². The van der Waals surface area contributed by atoms with E-state index < -0.39 is 164 Å². The van der Waals surface area contributed by atoms with Crippen LogP contribution >= 0.6 is 0 Å². The van der Waals surface area contributed by atoms with E-state index in [-0.39, 0.29) is 92.4 Å². The van der Waals surface area contributed by atoms with Gasteiger partial charge in [0.1, 0.15) is 70.4 Å². The molecule has 6 atom stereocenters. The highest BCUT2D eigenvalue weighted by Crippen LogP contribution is 2.55. The average molecular weight is 1150 g/mol. The molecule has 0 saturated carbocycles. The van der Waals surface area contributed by atoms with E-state index in [0.717, 1.165) is 66.7 Å². The highest BCUT2D eigenvalue weighted by atomic mass is 16.6. The van der Waals surface area contributed by atoms with E-state index in [1.54, 1.807) is 0 Å². The number of aliphatic hydroxyl groups is 2. The number of aliphatic hydroxyl groups excluding tert-OH is 1. The van der Waals surface area contributed by atoms with Crippen molar-refractivity contribution in [1.82, 2.24) is 0 Å². The number of hydrogen-bond acceptors (Lipinski definition) is 25. The van der Waals surface area contributed by atoms with E-state index >= 15 is 0 Å². The van der Waals surface area contributed by atoms with Gasteiger partial charge in [-0.15, -0.1) is 0 Å². The predicted octanol–water partition coefficient (Wildman–Crippen LogP) is 5.18. The number of rotatable bonds is 9. The maximum atomic E-state index is 14.6. The third-order valence-corrected chi connectivity index (χ3v) is 15.2. The van der Waals surface area contributed by atoms with E-state index in [1.807, 2.05) is 0 Å². The Balaban J connectivity index is 0.954. The molecule has 0 bridgehead atoms. The lowest BCUT2D eigenvalue weighted by atomic mass is 9.86. The molecular weight excluding hydrogens is 1110 g/mol. The van der Waals surface area contributed by atoms with Crippen molar-refractivity contribution in [3.8, 4) is 97.7 Å². The fourth-order valence-electron chi connectivity index (χ4n) is 11.3. The standard InChI is InChI=1S/C59H44O25/c60-23-1-2-26-41(11-23)79-19-59(78)18-32-28(48(26)59)14-40(70)53(75)56(32)82-44-8-22(7-37(67)50(44)72)58(77)84-46-17-31-34(64)10-25(62)13-43(31)81-55(46)29-15-39(69)52(74)47-27(29)3-20(4-38(68)51(47)73)54-45(16-30-33(63)9-24(61)12-42(30)80-54)83-57(76)21-5-35(65)49(71)36(66)6-21/h1-13,15,45-46,54-55,57,60-67,69,71-72,74,76,78H,14,16-19H2,(H,68,73). The van der Waals surface area contributed by atoms with Crippen molar-refractivity contribution in [3.63, 3.8) is 0 Å². The van der Waals surface area contributed by atoms with Crippen molar-refractivity contribution >= 4 is 33.9 Å². The molecule has 7 aromatic carbocycles. The lowest BCUT2D eigenvalue weighted by molar-refractivity contribution is -0.169. The molecule has 6 unspecified atom stereocenters. The molecule has 3 heterocycles. The molecule has 0 spiro atoms. The maximum absolute atomic E-state index is 14.6. The zero-order valence-electron chi connectivity index (χ0n) is 42.8. The van der Waals surface area contributed by atoms with Crippen LogP contribution in [0.5, 0.6) is 97.7 Å². The van der Waals surface area contributed by atoms with Gasteiger partial charge in [0.2, 0.25) is 17.0 Å². The average Bonchev–Trinajstić information content (AvgIpc) is 1.94. The predicted molar refractivity (Wildman–Crippen MR) is 282 cm³/mol. The molecule has 12 rings (SSSR count). The molecule has 84 heavy (non-hydrogen) atoms. The third-order valence-electron chi connectivity index (χ3n) is 15.2. The molecular formula is C59H44O25. The molecule has 0 aromatic heterocycles. The second kappa shape index (κ2) is 19.5. The molecule has 0 radical (unpaired) electrons. The molecule has 15 N–H and O–H groups in total. The van der Waals surface area contributed by atoms with Gasteiger partial charge in [0.25, 0.3) is 5.78 Å². The van der Waals surface area contributed by atoms with E-state index in [4.69, 9.17) is 28.4 Å². The SMILES string of the molecule is O=C1CC2=C3c4ccc(O)cc4OCC3(O)CC2=C(Oc2cc(C(=O)OC3Cc4c(O)cc(O)cc4OC3c3cc(O)c(O)c4c(=O)c(O)cc(C5Oc6cc(O)cc(O)c6CC5OC(O)c5cc(O)c(O)c(O)c5)cc34)cc(O)c2O)C1=O. The summed E-state index contributed by atoms with van der Waals surface area (Å²) >= 11 is 0. The Morgan fingerprint density at radius 1 is 0.607 bits per heavy atom. The Hall–Kier alpha value is -10.8. The number of ether oxygens (including phenoxy) is 6. The van der Waals surface area contributed by atoms with Crippen LogP contribution in [0.25, 0.3) is 16.3 Å². The van der Waals surface area contributed by atoms with Gasteiger partial charge in [-0.05, 0) is 71.1 Å². The lowest BCUT2D eigenvalue weighted by Crippen LogP contribution is -2.38. The first-order valence-corrected chi connectivity index (χ1v) is 25.3. The van der Waals surface area contributed by atoms with Crippen molar-refractivity contribution in [2.24, 2.45) is 0 Å². The van der Waals surface area contributed by atoms with Crippen LogP contribution in [0.2, 0.25) is 0 Å². The number of hydrogen-bond donors (Lipinski definition) is 15. The number of ketones is 2. The summed E-state index contributed by atoms with van der Waals surface area (Å²) in [4.78, 5) is 56.0. The molecule has 0 saturated heterocycles. The molecule has 5 aliphatic rings. The van der Waals surface area contributed by atoms with E-state index in [9.17, 15) is 95.8 Å². The van der Waals surface area contributed by atoms with E-state index in [1.165, 1.54) is 18.2 Å². The minimum absolute atomic E-state index is 0.0175. The van der Waals surface area contributed by atoms with Crippen LogP contribution < -0.4 is 24.4 Å². The largest absolute Gasteiger partial charge is 0.508 e. The highest BCUT2D eigenvalue weighted by Gasteiger charge is 2.52. The van der Waals surface area contributed by atoms with Gasteiger partial charge in [0.15, 0.2) is 70.3 Å². The number of phenols is 12. The van der Waals surface area contributed by atoms with Crippen LogP contribution in [0.1, 0.15) is 75.1 Å². The van der Waals surface area contributed by atoms with Crippen molar-refractivity contribution in [3.05, 3.63) is 151 Å². The monoisotopic (exact) mass is 1150 g/mol. The molecule has 0 fully saturated rings. The minimum atomic E-state index is -2.06. The third kappa shape index (κ3) is 8.85. The zero-order chi connectivity index (χ0) is 59.7. The fourth-order valence-corrected chi connectivity index (χ4v) is 11.3. The molecule has 3 aliphatic heterocycles. The number of esters is 1. The lowest BCUT2D eigenvalue weighted by Gasteiger charge is -2.35. The summed E-state index contributed by atoms with van der Waals surface area (Å²) in [5.74, 6) is -15.3. The summed E-state index contributed by atoms with van der Waals surface area (Å²) < 4.78 is 36.4. The summed E-state index contributed by atoms with van der Waals surface area (Å²) in [5.41, 5.74) is -3.89. The number of carbonyl (C=O) groups excluding carboxylic acids is 3. The molecule has 0 amide bonds. The summed E-state index contributed by atoms with van der Waals surface area (Å²) in [6, 6.07) is 14.4. The summed E-state index contributed by atoms with van der Waals surface area (Å²) in [6.45, 7) is -0.365. The highest BCUT2D eigenvalue weighted by molar-refractivity contribution is 6.45. The van der Waals surface area contributed by atoms with Crippen molar-refractivity contribution in [2.75, 3.05) is 6.61 Å². The van der Waals surface area contributed by atoms with Crippen molar-refractivity contribution < 1.29 is 119 Å². The second-order valence-electron chi connectivity index (χ2n) is 20.6. The summed E-state index contributed by atoms with van der Waals surface area (Å²) in [5, 5.41) is 162. The number of benzene rings is 6. The van der Waals surface area contributed by atoms with Crippen LogP contribution in [0.4, 0.5) is 0 Å². The Kier molecular flexibility index (Phi) is 12.5. The van der Waals surface area contributed by atoms with Crippen molar-refractivity contribution in [1.29, 1.82) is 0 Å². The zero-order valence-corrected chi connectivity index (χ0v) is 42.8. The Morgan fingerprint density at radius 3 is 1.90 bits per heavy atom. The first-order valence-electron chi connectivity index (χ1n) is 25.3.